The summed E-state index contributed by atoms with van der Waals surface area (Å²) in [4.78, 5) is 30.2. The van der Waals surface area contributed by atoms with Crippen LogP contribution in [0.2, 0.25) is 0 Å². The van der Waals surface area contributed by atoms with Crippen LogP contribution in [0.3, 0.4) is 0 Å². The minimum Gasteiger partial charge on any atom is -0.508 e. The first kappa shape index (κ1) is 26.0. The molecule has 1 aliphatic carbocycles. The third kappa shape index (κ3) is 4.93. The maximum atomic E-state index is 13.8. The van der Waals surface area contributed by atoms with E-state index in [0.29, 0.717) is 12.0 Å². The Morgan fingerprint density at radius 2 is 1.92 bits per heavy atom. The van der Waals surface area contributed by atoms with Crippen molar-refractivity contribution in [1.82, 2.24) is 9.80 Å². The molecule has 1 saturated heterocycles. The Morgan fingerprint density at radius 3 is 2.66 bits per heavy atom. The molecule has 1 heterocycles. The average Bonchev–Trinajstić information content (AvgIpc) is 2.92. The second-order valence-electron chi connectivity index (χ2n) is 10.8. The monoisotopic (exact) mass is 512 g/mol. The number of amides is 1. The number of hydrogen-bond donors (Lipinski definition) is 1. The molecule has 198 valence electrons. The summed E-state index contributed by atoms with van der Waals surface area (Å²) in [6, 6.07) is 21.2. The van der Waals surface area contributed by atoms with Crippen LogP contribution in [0.25, 0.3) is 10.8 Å². The van der Waals surface area contributed by atoms with Gasteiger partial charge in [0.1, 0.15) is 11.9 Å². The number of likely N-dealkylation sites (tertiary alicyclic amines) is 1. The van der Waals surface area contributed by atoms with Crippen molar-refractivity contribution < 1.29 is 19.4 Å². The van der Waals surface area contributed by atoms with E-state index in [2.05, 4.69) is 17.5 Å². The number of piperidine rings is 1. The van der Waals surface area contributed by atoms with Crippen LogP contribution in [0.5, 0.6) is 5.75 Å². The van der Waals surface area contributed by atoms with E-state index in [1.54, 1.807) is 6.07 Å². The highest BCUT2D eigenvalue weighted by Gasteiger charge is 2.54. The van der Waals surface area contributed by atoms with Gasteiger partial charge in [0.25, 0.3) is 5.91 Å². The van der Waals surface area contributed by atoms with Crippen molar-refractivity contribution >= 4 is 22.6 Å². The van der Waals surface area contributed by atoms with Crippen molar-refractivity contribution in [2.75, 3.05) is 26.7 Å². The Morgan fingerprint density at radius 1 is 1.13 bits per heavy atom. The van der Waals surface area contributed by atoms with Crippen LogP contribution < -0.4 is 0 Å². The largest absolute Gasteiger partial charge is 0.508 e. The van der Waals surface area contributed by atoms with Crippen molar-refractivity contribution in [3.8, 4) is 5.75 Å². The van der Waals surface area contributed by atoms with Gasteiger partial charge in [0, 0.05) is 56.4 Å². The number of benzene rings is 3. The minimum absolute atomic E-state index is 0.0299. The molecule has 2 aliphatic rings. The van der Waals surface area contributed by atoms with Gasteiger partial charge in [0.15, 0.2) is 0 Å². The average molecular weight is 513 g/mol. The number of aromatic hydroxyl groups is 1. The second-order valence-corrected chi connectivity index (χ2v) is 10.8. The molecular formula is C32H36N2O4. The normalized spacial score (nSPS) is 25.4. The van der Waals surface area contributed by atoms with Gasteiger partial charge in [0.05, 0.1) is 0 Å². The summed E-state index contributed by atoms with van der Waals surface area (Å²) in [5.41, 5.74) is 1.33. The van der Waals surface area contributed by atoms with Gasteiger partial charge in [-0.2, -0.15) is 0 Å². The predicted molar refractivity (Wildman–Crippen MR) is 149 cm³/mol. The quantitative estimate of drug-likeness (QED) is 0.365. The molecule has 1 aliphatic heterocycles. The summed E-state index contributed by atoms with van der Waals surface area (Å²) in [5, 5.41) is 12.5. The topological polar surface area (TPSA) is 70.1 Å². The molecule has 0 radical (unpaired) electrons. The lowest BCUT2D eigenvalue weighted by Crippen LogP contribution is -2.61. The molecule has 2 fully saturated rings. The maximum Gasteiger partial charge on any atom is 0.302 e. The molecular weight excluding hydrogens is 476 g/mol. The fourth-order valence-electron chi connectivity index (χ4n) is 6.72. The molecule has 5 rings (SSSR count). The Bertz CT molecular complexity index is 1350. The van der Waals surface area contributed by atoms with E-state index in [1.807, 2.05) is 72.6 Å². The third-order valence-corrected chi connectivity index (χ3v) is 8.58. The summed E-state index contributed by atoms with van der Waals surface area (Å²) in [6.45, 7) is 7.75. The number of phenols is 1. The highest BCUT2D eigenvalue weighted by atomic mass is 16.5. The van der Waals surface area contributed by atoms with Gasteiger partial charge in [-0.05, 0) is 60.0 Å². The molecule has 0 bridgehead atoms. The van der Waals surface area contributed by atoms with Crippen LogP contribution in [0.1, 0.15) is 42.1 Å². The number of carbonyl (C=O) groups is 2. The van der Waals surface area contributed by atoms with E-state index in [4.69, 9.17) is 4.74 Å². The number of fused-ring (bicyclic) bond motifs is 2. The molecule has 3 aromatic rings. The number of carbonyl (C=O) groups excluding carboxylic acids is 2. The first-order valence-corrected chi connectivity index (χ1v) is 13.4. The Balaban J connectivity index is 1.52. The number of hydrogen-bond acceptors (Lipinski definition) is 5. The summed E-state index contributed by atoms with van der Waals surface area (Å²) < 4.78 is 6.00. The molecule has 4 atom stereocenters. The number of rotatable bonds is 6. The van der Waals surface area contributed by atoms with Crippen LogP contribution in [0.4, 0.5) is 0 Å². The predicted octanol–water partition coefficient (Wildman–Crippen LogP) is 5.16. The van der Waals surface area contributed by atoms with Gasteiger partial charge in [-0.25, -0.2) is 0 Å². The fraction of sp³-hybridized carbons (Fsp3) is 0.375. The van der Waals surface area contributed by atoms with E-state index in [0.717, 1.165) is 48.8 Å². The van der Waals surface area contributed by atoms with E-state index in [9.17, 15) is 14.7 Å². The van der Waals surface area contributed by atoms with Crippen molar-refractivity contribution in [3.63, 3.8) is 0 Å². The summed E-state index contributed by atoms with van der Waals surface area (Å²) >= 11 is 0. The Hall–Kier alpha value is -3.64. The third-order valence-electron chi connectivity index (χ3n) is 8.58. The number of nitrogens with zero attached hydrogens (tertiary/aromatic N) is 2. The van der Waals surface area contributed by atoms with Crippen LogP contribution in [0.15, 0.2) is 79.4 Å². The van der Waals surface area contributed by atoms with Crippen LogP contribution >= 0.6 is 0 Å². The van der Waals surface area contributed by atoms with Crippen LogP contribution in [0, 0.1) is 5.92 Å². The summed E-state index contributed by atoms with van der Waals surface area (Å²) in [6.07, 6.45) is 3.69. The lowest BCUT2D eigenvalue weighted by atomic mass is 9.56. The molecule has 1 N–H and O–H groups in total. The standard InChI is InChI=1S/C32H36N2O4/c1-4-15-34-16-14-32(26-10-7-11-28(36)18-26)20-27(19-30(29(32)21-34)38-22(2)35)33(3)31(37)25-13-12-23-8-5-6-9-24(23)17-25/h4-13,17-18,27,29-30,36H,1,14-16,19-21H2,2-3H3/t27-,29-,30?,32-/m0/s1. The first-order chi connectivity index (χ1) is 18.3. The number of ether oxygens (including phenoxy) is 1. The van der Waals surface area contributed by atoms with Crippen LogP contribution in [-0.4, -0.2) is 65.6 Å². The molecule has 6 nitrogen and oxygen atoms in total. The van der Waals surface area contributed by atoms with E-state index >= 15 is 0 Å². The Labute approximate surface area is 224 Å². The molecule has 1 saturated carbocycles. The highest BCUT2D eigenvalue weighted by Crippen LogP contribution is 2.51. The van der Waals surface area contributed by atoms with Gasteiger partial charge in [0.2, 0.25) is 0 Å². The van der Waals surface area contributed by atoms with Gasteiger partial charge >= 0.3 is 5.97 Å². The van der Waals surface area contributed by atoms with E-state index < -0.39 is 0 Å². The lowest BCUT2D eigenvalue weighted by Gasteiger charge is -2.56. The molecule has 1 unspecified atom stereocenters. The van der Waals surface area contributed by atoms with Gasteiger partial charge in [-0.3, -0.25) is 14.5 Å². The molecule has 38 heavy (non-hydrogen) atoms. The smallest absolute Gasteiger partial charge is 0.302 e. The summed E-state index contributed by atoms with van der Waals surface area (Å²) in [5.74, 6) is -0.112. The van der Waals surface area contributed by atoms with Crippen LogP contribution in [-0.2, 0) is 14.9 Å². The molecule has 1 amide bonds. The number of phenolic OH excluding ortho intramolecular Hbond substituents is 1. The SMILES string of the molecule is C=CCN1CC[C@@]2(c3cccc(O)c3)C[C@@H](N(C)C(=O)c3ccc4ccccc4c3)CC(OC(C)=O)[C@@H]2C1. The van der Waals surface area contributed by atoms with E-state index in [-0.39, 0.29) is 41.1 Å². The maximum absolute atomic E-state index is 13.8. The second kappa shape index (κ2) is 10.6. The zero-order valence-corrected chi connectivity index (χ0v) is 22.2. The molecule has 0 spiro atoms. The number of esters is 1. The zero-order valence-electron chi connectivity index (χ0n) is 22.2. The zero-order chi connectivity index (χ0) is 26.9. The Kier molecular flexibility index (Phi) is 7.26. The van der Waals surface area contributed by atoms with Gasteiger partial charge in [-0.15, -0.1) is 6.58 Å². The highest BCUT2D eigenvalue weighted by molar-refractivity contribution is 5.98. The van der Waals surface area contributed by atoms with Gasteiger partial charge < -0.3 is 14.7 Å². The summed E-state index contributed by atoms with van der Waals surface area (Å²) in [7, 11) is 1.86. The van der Waals surface area contributed by atoms with Crippen molar-refractivity contribution in [3.05, 3.63) is 90.5 Å². The van der Waals surface area contributed by atoms with E-state index in [1.165, 1.54) is 6.92 Å². The lowest BCUT2D eigenvalue weighted by molar-refractivity contribution is -0.158. The first-order valence-electron chi connectivity index (χ1n) is 13.4. The van der Waals surface area contributed by atoms with Crippen molar-refractivity contribution in [2.24, 2.45) is 5.92 Å². The van der Waals surface area contributed by atoms with Gasteiger partial charge in [-0.1, -0.05) is 48.5 Å². The molecule has 6 heteroatoms. The van der Waals surface area contributed by atoms with Crippen molar-refractivity contribution in [1.29, 1.82) is 0 Å². The minimum atomic E-state index is -0.354. The molecule has 3 aromatic carbocycles. The van der Waals surface area contributed by atoms with Crippen molar-refractivity contribution in [2.45, 2.75) is 43.7 Å². The fourth-order valence-corrected chi connectivity index (χ4v) is 6.72. The molecule has 0 aromatic heterocycles.